The standard InChI is InChI=1S/C22H30N6O/c1-15(2)14-24-22(29)18-19-21(26-17-9-5-4-8-16(17)25-19)28(20(18)23)13-12-27-10-6-3-7-11-27/h4-5,8-9,15H,3,6-7,10-14,23H2,1-2H3,(H,24,29). The van der Waals surface area contributed by atoms with Crippen LogP contribution in [-0.4, -0.2) is 51.5 Å². The molecule has 3 heterocycles. The molecule has 29 heavy (non-hydrogen) atoms. The van der Waals surface area contributed by atoms with E-state index in [1.165, 1.54) is 19.3 Å². The van der Waals surface area contributed by atoms with Gasteiger partial charge < -0.3 is 20.5 Å². The Balaban J connectivity index is 1.75. The lowest BCUT2D eigenvalue weighted by Gasteiger charge is -2.26. The molecule has 7 nitrogen and oxygen atoms in total. The van der Waals surface area contributed by atoms with Gasteiger partial charge in [-0.05, 0) is 44.0 Å². The highest BCUT2D eigenvalue weighted by atomic mass is 16.1. The summed E-state index contributed by atoms with van der Waals surface area (Å²) in [5, 5.41) is 2.99. The Kier molecular flexibility index (Phi) is 5.67. The van der Waals surface area contributed by atoms with Crippen LogP contribution in [0.4, 0.5) is 5.82 Å². The monoisotopic (exact) mass is 394 g/mol. The Morgan fingerprint density at radius 2 is 1.79 bits per heavy atom. The molecule has 0 unspecified atom stereocenters. The number of carbonyl (C=O) groups is 1. The largest absolute Gasteiger partial charge is 0.384 e. The van der Waals surface area contributed by atoms with Gasteiger partial charge in [-0.1, -0.05) is 32.4 Å². The van der Waals surface area contributed by atoms with Crippen LogP contribution in [0.2, 0.25) is 0 Å². The van der Waals surface area contributed by atoms with Crippen molar-refractivity contribution in [1.82, 2.24) is 24.8 Å². The summed E-state index contributed by atoms with van der Waals surface area (Å²) in [7, 11) is 0. The summed E-state index contributed by atoms with van der Waals surface area (Å²) in [5.41, 5.74) is 9.80. The third kappa shape index (κ3) is 4.05. The van der Waals surface area contributed by atoms with E-state index in [9.17, 15) is 4.79 Å². The number of benzene rings is 1. The Morgan fingerprint density at radius 1 is 1.10 bits per heavy atom. The zero-order valence-electron chi connectivity index (χ0n) is 17.3. The minimum absolute atomic E-state index is 0.178. The molecular formula is C22H30N6O. The van der Waals surface area contributed by atoms with Crippen molar-refractivity contribution in [2.75, 3.05) is 31.9 Å². The van der Waals surface area contributed by atoms with Crippen molar-refractivity contribution in [3.63, 3.8) is 0 Å². The number of piperidine rings is 1. The van der Waals surface area contributed by atoms with E-state index in [1.54, 1.807) is 0 Å². The Bertz CT molecular complexity index is 1020. The average Bonchev–Trinajstić information content (AvgIpc) is 2.99. The van der Waals surface area contributed by atoms with Crippen LogP contribution in [0.3, 0.4) is 0 Å². The van der Waals surface area contributed by atoms with E-state index in [0.29, 0.717) is 41.6 Å². The van der Waals surface area contributed by atoms with Gasteiger partial charge in [0.15, 0.2) is 5.65 Å². The minimum Gasteiger partial charge on any atom is -0.384 e. The quantitative estimate of drug-likeness (QED) is 0.671. The summed E-state index contributed by atoms with van der Waals surface area (Å²) < 4.78 is 1.97. The van der Waals surface area contributed by atoms with Gasteiger partial charge in [0, 0.05) is 19.6 Å². The highest BCUT2D eigenvalue weighted by Gasteiger charge is 2.24. The summed E-state index contributed by atoms with van der Waals surface area (Å²) in [6, 6.07) is 7.73. The summed E-state index contributed by atoms with van der Waals surface area (Å²) in [4.78, 5) is 25.0. The number of fused-ring (bicyclic) bond motifs is 2. The van der Waals surface area contributed by atoms with Gasteiger partial charge in [0.1, 0.15) is 16.9 Å². The predicted molar refractivity (Wildman–Crippen MR) is 117 cm³/mol. The maximum Gasteiger partial charge on any atom is 0.257 e. The van der Waals surface area contributed by atoms with Crippen LogP contribution in [0, 0.1) is 5.92 Å². The van der Waals surface area contributed by atoms with Gasteiger partial charge in [0.2, 0.25) is 0 Å². The maximum atomic E-state index is 13.0. The molecule has 0 atom stereocenters. The first kappa shape index (κ1) is 19.6. The lowest BCUT2D eigenvalue weighted by molar-refractivity contribution is 0.0951. The highest BCUT2D eigenvalue weighted by molar-refractivity contribution is 6.10. The van der Waals surface area contributed by atoms with Crippen molar-refractivity contribution < 1.29 is 4.79 Å². The smallest absolute Gasteiger partial charge is 0.257 e. The number of carbonyl (C=O) groups excluding carboxylic acids is 1. The lowest BCUT2D eigenvalue weighted by atomic mass is 10.1. The number of rotatable bonds is 6. The molecule has 1 saturated heterocycles. The van der Waals surface area contributed by atoms with E-state index in [0.717, 1.165) is 30.7 Å². The molecule has 0 saturated carbocycles. The van der Waals surface area contributed by atoms with Crippen LogP contribution in [0.25, 0.3) is 22.2 Å². The molecule has 1 aliphatic heterocycles. The van der Waals surface area contributed by atoms with Gasteiger partial charge in [0.05, 0.1) is 11.0 Å². The highest BCUT2D eigenvalue weighted by Crippen LogP contribution is 2.28. The van der Waals surface area contributed by atoms with Gasteiger partial charge >= 0.3 is 0 Å². The van der Waals surface area contributed by atoms with Crippen molar-refractivity contribution in [1.29, 1.82) is 0 Å². The first-order valence-electron chi connectivity index (χ1n) is 10.6. The van der Waals surface area contributed by atoms with Gasteiger partial charge in [-0.25, -0.2) is 9.97 Å². The van der Waals surface area contributed by atoms with Crippen LogP contribution in [0.15, 0.2) is 24.3 Å². The first-order valence-corrected chi connectivity index (χ1v) is 10.6. The van der Waals surface area contributed by atoms with Gasteiger partial charge in [-0.15, -0.1) is 0 Å². The van der Waals surface area contributed by atoms with Crippen molar-refractivity contribution in [3.05, 3.63) is 29.8 Å². The third-order valence-electron chi connectivity index (χ3n) is 5.58. The zero-order chi connectivity index (χ0) is 20.4. The molecule has 1 aromatic carbocycles. The molecule has 3 N–H and O–H groups in total. The molecule has 0 aliphatic carbocycles. The maximum absolute atomic E-state index is 13.0. The van der Waals surface area contributed by atoms with Crippen LogP contribution in [-0.2, 0) is 6.54 Å². The van der Waals surface area contributed by atoms with Crippen LogP contribution < -0.4 is 11.1 Å². The zero-order valence-corrected chi connectivity index (χ0v) is 17.3. The molecule has 0 spiro atoms. The molecule has 3 aromatic rings. The number of hydrogen-bond acceptors (Lipinski definition) is 5. The van der Waals surface area contributed by atoms with Crippen LogP contribution >= 0.6 is 0 Å². The topological polar surface area (TPSA) is 89.1 Å². The van der Waals surface area contributed by atoms with Crippen molar-refractivity contribution in [2.24, 2.45) is 5.92 Å². The molecule has 4 rings (SSSR count). The molecule has 1 aliphatic rings. The number of amides is 1. The van der Waals surface area contributed by atoms with Crippen LogP contribution in [0.1, 0.15) is 43.5 Å². The van der Waals surface area contributed by atoms with E-state index in [-0.39, 0.29) is 5.91 Å². The number of aromatic nitrogens is 3. The molecule has 0 radical (unpaired) electrons. The SMILES string of the molecule is CC(C)CNC(=O)c1c(N)n(CCN2CCCCC2)c2nc3ccccc3nc12. The summed E-state index contributed by atoms with van der Waals surface area (Å²) in [5.74, 6) is 0.635. The fraction of sp³-hybridized carbons (Fsp3) is 0.500. The Labute approximate surface area is 171 Å². The van der Waals surface area contributed by atoms with E-state index in [2.05, 4.69) is 24.1 Å². The second kappa shape index (κ2) is 8.37. The molecule has 1 fully saturated rings. The molecule has 1 amide bonds. The van der Waals surface area contributed by atoms with Crippen molar-refractivity contribution >= 4 is 33.9 Å². The molecule has 154 valence electrons. The number of nitrogens with zero attached hydrogens (tertiary/aromatic N) is 4. The van der Waals surface area contributed by atoms with Crippen molar-refractivity contribution in [3.8, 4) is 0 Å². The number of para-hydroxylation sites is 2. The predicted octanol–water partition coefficient (Wildman–Crippen LogP) is 3.04. The summed E-state index contributed by atoms with van der Waals surface area (Å²) >= 11 is 0. The van der Waals surface area contributed by atoms with E-state index in [4.69, 9.17) is 15.7 Å². The Morgan fingerprint density at radius 3 is 2.48 bits per heavy atom. The molecule has 7 heteroatoms. The van der Waals surface area contributed by atoms with Gasteiger partial charge in [-0.3, -0.25) is 4.79 Å². The summed E-state index contributed by atoms with van der Waals surface area (Å²) in [6.07, 6.45) is 3.80. The van der Waals surface area contributed by atoms with Gasteiger partial charge in [0.25, 0.3) is 5.91 Å². The van der Waals surface area contributed by atoms with E-state index < -0.39 is 0 Å². The first-order chi connectivity index (χ1) is 14.0. The second-order valence-electron chi connectivity index (χ2n) is 8.30. The number of nitrogens with one attached hydrogen (secondary N) is 1. The second-order valence-corrected chi connectivity index (χ2v) is 8.30. The fourth-order valence-electron chi connectivity index (χ4n) is 3.98. The lowest BCUT2D eigenvalue weighted by Crippen LogP contribution is -2.33. The Hall–Kier alpha value is -2.67. The van der Waals surface area contributed by atoms with E-state index in [1.807, 2.05) is 28.8 Å². The fourth-order valence-corrected chi connectivity index (χ4v) is 3.98. The van der Waals surface area contributed by atoms with Gasteiger partial charge in [-0.2, -0.15) is 0 Å². The minimum atomic E-state index is -0.178. The number of nitrogen functional groups attached to an aromatic ring is 1. The molecule has 0 bridgehead atoms. The average molecular weight is 395 g/mol. The van der Waals surface area contributed by atoms with Crippen LogP contribution in [0.5, 0.6) is 0 Å². The number of nitrogens with two attached hydrogens (primary N) is 1. The number of likely N-dealkylation sites (tertiary alicyclic amines) is 1. The molecule has 2 aromatic heterocycles. The number of anilines is 1. The molecular weight excluding hydrogens is 364 g/mol. The summed E-state index contributed by atoms with van der Waals surface area (Å²) in [6.45, 7) is 8.57. The van der Waals surface area contributed by atoms with E-state index >= 15 is 0 Å². The normalized spacial score (nSPS) is 15.4. The number of hydrogen-bond donors (Lipinski definition) is 2. The third-order valence-corrected chi connectivity index (χ3v) is 5.58. The van der Waals surface area contributed by atoms with Crippen molar-refractivity contribution in [2.45, 2.75) is 39.7 Å².